The molecular formula is C23H36N4O8S2. The van der Waals surface area contributed by atoms with Crippen LogP contribution in [0.1, 0.15) is 6.92 Å². The van der Waals surface area contributed by atoms with E-state index < -0.39 is 10.0 Å². The molecule has 1 aromatic heterocycles. The summed E-state index contributed by atoms with van der Waals surface area (Å²) in [5, 5.41) is 9.36. The van der Waals surface area contributed by atoms with Crippen molar-refractivity contribution < 1.29 is 36.8 Å². The molecule has 1 fully saturated rings. The van der Waals surface area contributed by atoms with Crippen LogP contribution in [0.4, 0.5) is 10.8 Å². The highest BCUT2D eigenvalue weighted by Crippen LogP contribution is 2.18. The van der Waals surface area contributed by atoms with E-state index in [1.807, 2.05) is 0 Å². The van der Waals surface area contributed by atoms with Crippen molar-refractivity contribution in [1.29, 1.82) is 5.26 Å². The van der Waals surface area contributed by atoms with Crippen molar-refractivity contribution in [3.63, 3.8) is 0 Å². The highest BCUT2D eigenvalue weighted by Gasteiger charge is 2.14. The summed E-state index contributed by atoms with van der Waals surface area (Å²) >= 11 is 1.22. The minimum atomic E-state index is -3.56. The fraction of sp³-hybridized carbons (Fsp3) is 0.565. The molecule has 3 rings (SSSR count). The Morgan fingerprint density at radius 2 is 1.16 bits per heavy atom. The van der Waals surface area contributed by atoms with E-state index in [1.54, 1.807) is 11.4 Å². The van der Waals surface area contributed by atoms with Gasteiger partial charge in [0, 0.05) is 24.2 Å². The Morgan fingerprint density at radius 1 is 0.811 bits per heavy atom. The molecule has 37 heavy (non-hydrogen) atoms. The van der Waals surface area contributed by atoms with E-state index >= 15 is 0 Å². The van der Waals surface area contributed by atoms with Gasteiger partial charge >= 0.3 is 0 Å². The molecule has 3 N–H and O–H groups in total. The van der Waals surface area contributed by atoms with Crippen LogP contribution in [-0.2, 0) is 38.4 Å². The molecule has 0 atom stereocenters. The number of nitriles is 1. The lowest BCUT2D eigenvalue weighted by Gasteiger charge is -2.09. The molecule has 2 aromatic rings. The highest BCUT2D eigenvalue weighted by atomic mass is 32.2. The number of nitrogens with two attached hydrogens (primary N) is 1. The monoisotopic (exact) mass is 560 g/mol. The lowest BCUT2D eigenvalue weighted by atomic mass is 10.3. The van der Waals surface area contributed by atoms with Gasteiger partial charge in [-0.1, -0.05) is 0 Å². The quantitative estimate of drug-likeness (QED) is 0.529. The Hall–Kier alpha value is -2.35. The summed E-state index contributed by atoms with van der Waals surface area (Å²) in [6, 6.07) is 7.73. The van der Waals surface area contributed by atoms with Crippen LogP contribution in [0.3, 0.4) is 0 Å². The fourth-order valence-corrected chi connectivity index (χ4v) is 4.20. The Kier molecular flexibility index (Phi) is 19.2. The molecule has 0 bridgehead atoms. The lowest BCUT2D eigenvalue weighted by Crippen LogP contribution is -2.16. The lowest BCUT2D eigenvalue weighted by molar-refractivity contribution is -0.0334. The van der Waals surface area contributed by atoms with E-state index in [2.05, 4.69) is 9.71 Å². The second-order valence-corrected chi connectivity index (χ2v) is 9.49. The first-order valence-electron chi connectivity index (χ1n) is 11.5. The number of hydrogen-bond donors (Lipinski definition) is 2. The van der Waals surface area contributed by atoms with Crippen LogP contribution in [0.5, 0.6) is 0 Å². The molecule has 2 heterocycles. The van der Waals surface area contributed by atoms with Crippen molar-refractivity contribution in [2.24, 2.45) is 0 Å². The smallest absolute Gasteiger partial charge is 0.263 e. The van der Waals surface area contributed by atoms with Gasteiger partial charge in [0.1, 0.15) is 0 Å². The maximum absolute atomic E-state index is 11.8. The van der Waals surface area contributed by atoms with E-state index in [9.17, 15) is 8.42 Å². The minimum absolute atomic E-state index is 0.164. The van der Waals surface area contributed by atoms with Crippen molar-refractivity contribution in [3.05, 3.63) is 35.8 Å². The number of anilines is 2. The summed E-state index contributed by atoms with van der Waals surface area (Å²) in [7, 11) is -3.56. The largest absolute Gasteiger partial charge is 0.399 e. The Labute approximate surface area is 222 Å². The van der Waals surface area contributed by atoms with Crippen LogP contribution in [0.2, 0.25) is 0 Å². The molecule has 0 spiro atoms. The predicted molar refractivity (Wildman–Crippen MR) is 140 cm³/mol. The van der Waals surface area contributed by atoms with Gasteiger partial charge in [0.2, 0.25) is 0 Å². The van der Waals surface area contributed by atoms with Gasteiger partial charge < -0.3 is 34.2 Å². The van der Waals surface area contributed by atoms with E-state index in [-0.39, 0.29) is 4.90 Å². The fourth-order valence-electron chi connectivity index (χ4n) is 2.41. The maximum atomic E-state index is 11.8. The van der Waals surface area contributed by atoms with Gasteiger partial charge in [0.05, 0.1) is 90.2 Å². The topological polar surface area (TPSA) is 164 Å². The average molecular weight is 561 g/mol. The SMILES string of the molecule is C1COCCOCCOCCOCCOCCO1.CC#N.Nc1ccc(S(=O)(=O)Nc2nccs2)cc1. The summed E-state index contributed by atoms with van der Waals surface area (Å²) in [4.78, 5) is 4.01. The van der Waals surface area contributed by atoms with Gasteiger partial charge in [-0.05, 0) is 24.3 Å². The van der Waals surface area contributed by atoms with Crippen molar-refractivity contribution in [3.8, 4) is 6.07 Å². The zero-order valence-corrected chi connectivity index (χ0v) is 22.6. The van der Waals surface area contributed by atoms with Gasteiger partial charge in [-0.25, -0.2) is 13.4 Å². The molecule has 0 amide bonds. The van der Waals surface area contributed by atoms with Crippen LogP contribution < -0.4 is 10.5 Å². The van der Waals surface area contributed by atoms with Gasteiger partial charge in [0.15, 0.2) is 5.13 Å². The van der Waals surface area contributed by atoms with Crippen LogP contribution in [0, 0.1) is 11.3 Å². The first-order chi connectivity index (χ1) is 18.0. The molecule has 12 nitrogen and oxygen atoms in total. The number of hydrogen-bond acceptors (Lipinski definition) is 12. The van der Waals surface area contributed by atoms with Crippen molar-refractivity contribution in [2.75, 3.05) is 89.7 Å². The van der Waals surface area contributed by atoms with Gasteiger partial charge in [0.25, 0.3) is 10.0 Å². The van der Waals surface area contributed by atoms with E-state index in [1.165, 1.54) is 48.7 Å². The number of sulfonamides is 1. The number of ether oxygens (including phenoxy) is 6. The highest BCUT2D eigenvalue weighted by molar-refractivity contribution is 7.93. The van der Waals surface area contributed by atoms with E-state index in [0.29, 0.717) is 90.1 Å². The minimum Gasteiger partial charge on any atom is -0.399 e. The Morgan fingerprint density at radius 3 is 1.46 bits per heavy atom. The number of rotatable bonds is 3. The van der Waals surface area contributed by atoms with Gasteiger partial charge in [-0.15, -0.1) is 11.3 Å². The van der Waals surface area contributed by atoms with E-state index in [0.717, 1.165) is 0 Å². The average Bonchev–Trinajstić information content (AvgIpc) is 3.38. The number of thiazole rings is 1. The summed E-state index contributed by atoms with van der Waals surface area (Å²) in [5.41, 5.74) is 6.00. The summed E-state index contributed by atoms with van der Waals surface area (Å²) in [5.74, 6) is 0. The molecule has 208 valence electrons. The third-order valence-electron chi connectivity index (χ3n) is 4.08. The third kappa shape index (κ3) is 17.7. The molecule has 0 aliphatic carbocycles. The van der Waals surface area contributed by atoms with Gasteiger partial charge in [-0.2, -0.15) is 5.26 Å². The number of nitrogen functional groups attached to an aromatic ring is 1. The van der Waals surface area contributed by atoms with Crippen LogP contribution in [0.25, 0.3) is 0 Å². The van der Waals surface area contributed by atoms with Crippen molar-refractivity contribution in [1.82, 2.24) is 4.98 Å². The van der Waals surface area contributed by atoms with Crippen LogP contribution >= 0.6 is 11.3 Å². The first-order valence-corrected chi connectivity index (χ1v) is 13.9. The molecule has 1 aliphatic heterocycles. The first kappa shape index (κ1) is 32.7. The number of benzene rings is 1. The van der Waals surface area contributed by atoms with Crippen molar-refractivity contribution in [2.45, 2.75) is 11.8 Å². The number of aromatic nitrogens is 1. The third-order valence-corrected chi connectivity index (χ3v) is 6.25. The molecule has 0 unspecified atom stereocenters. The standard InChI is InChI=1S/C12H24O6.C9H9N3O2S2.C2H3N/c1-2-14-5-6-16-9-10-18-12-11-17-8-7-15-4-3-13-1;10-7-1-3-8(4-2-7)16(13,14)12-9-11-5-6-15-9;1-2-3/h1-12H2;1-6H,10H2,(H,11,12);1H3. The maximum Gasteiger partial charge on any atom is 0.263 e. The zero-order valence-electron chi connectivity index (χ0n) is 21.0. The number of nitrogens with one attached hydrogen (secondary N) is 1. The van der Waals surface area contributed by atoms with Crippen molar-refractivity contribution >= 4 is 32.2 Å². The Balaban J connectivity index is 0.000000336. The zero-order chi connectivity index (χ0) is 27.0. The Bertz CT molecular complexity index is 864. The van der Waals surface area contributed by atoms with Crippen LogP contribution in [-0.4, -0.2) is 92.7 Å². The molecule has 1 aromatic carbocycles. The second kappa shape index (κ2) is 21.7. The molecular weight excluding hydrogens is 524 g/mol. The molecule has 0 radical (unpaired) electrons. The summed E-state index contributed by atoms with van der Waals surface area (Å²) in [6.45, 7) is 8.47. The predicted octanol–water partition coefficient (Wildman–Crippen LogP) is 2.16. The summed E-state index contributed by atoms with van der Waals surface area (Å²) < 4.78 is 58.0. The van der Waals surface area contributed by atoms with E-state index in [4.69, 9.17) is 39.4 Å². The number of nitrogens with zero attached hydrogens (tertiary/aromatic N) is 2. The molecule has 1 aliphatic rings. The summed E-state index contributed by atoms with van der Waals surface area (Å²) in [6.07, 6.45) is 1.53. The van der Waals surface area contributed by atoms with Crippen LogP contribution in [0.15, 0.2) is 40.7 Å². The molecule has 14 heteroatoms. The molecule has 0 saturated carbocycles. The normalized spacial score (nSPS) is 16.8. The van der Waals surface area contributed by atoms with Gasteiger partial charge in [-0.3, -0.25) is 4.72 Å². The molecule has 1 saturated heterocycles. The second-order valence-electron chi connectivity index (χ2n) is 6.91.